The van der Waals surface area contributed by atoms with Crippen LogP contribution >= 0.6 is 0 Å². The normalized spacial score (nSPS) is 24.1. The molecule has 2 atom stereocenters. The third-order valence-electron chi connectivity index (χ3n) is 3.46. The maximum atomic E-state index is 5.86. The van der Waals surface area contributed by atoms with Crippen LogP contribution in [0.5, 0.6) is 0 Å². The third-order valence-corrected chi connectivity index (χ3v) is 3.46. The fourth-order valence-corrected chi connectivity index (χ4v) is 2.49. The molecule has 1 saturated heterocycles. The highest BCUT2D eigenvalue weighted by atomic mass is 16.5. The zero-order valence-corrected chi connectivity index (χ0v) is 12.0. The van der Waals surface area contributed by atoms with E-state index in [2.05, 4.69) is 34.0 Å². The Kier molecular flexibility index (Phi) is 3.54. The number of ether oxygens (including phenoxy) is 1. The predicted molar refractivity (Wildman–Crippen MR) is 71.1 cm³/mol. The van der Waals surface area contributed by atoms with Crippen LogP contribution < -0.4 is 0 Å². The number of imidazole rings is 1. The first-order chi connectivity index (χ1) is 9.61. The van der Waals surface area contributed by atoms with Gasteiger partial charge in [0.2, 0.25) is 0 Å². The van der Waals surface area contributed by atoms with Crippen molar-refractivity contribution in [3.63, 3.8) is 0 Å². The molecule has 1 fully saturated rings. The summed E-state index contributed by atoms with van der Waals surface area (Å²) in [5.74, 6) is 1.22. The number of aryl methyl sites for hydroxylation is 1. The van der Waals surface area contributed by atoms with Gasteiger partial charge in [0, 0.05) is 32.0 Å². The molecule has 2 aromatic heterocycles. The van der Waals surface area contributed by atoms with E-state index in [1.807, 2.05) is 17.8 Å². The van der Waals surface area contributed by atoms with Gasteiger partial charge >= 0.3 is 0 Å². The second-order valence-electron chi connectivity index (χ2n) is 5.38. The summed E-state index contributed by atoms with van der Waals surface area (Å²) in [5.41, 5.74) is 1.05. The summed E-state index contributed by atoms with van der Waals surface area (Å²) in [7, 11) is 4.02. The lowest BCUT2D eigenvalue weighted by Crippen LogP contribution is -2.40. The van der Waals surface area contributed by atoms with E-state index in [1.54, 1.807) is 6.33 Å². The van der Waals surface area contributed by atoms with Gasteiger partial charge in [-0.3, -0.25) is 0 Å². The third kappa shape index (κ3) is 2.73. The number of likely N-dealkylation sites (N-methyl/N-ethyl adjacent to an activating group) is 1. The lowest BCUT2D eigenvalue weighted by Gasteiger charge is -2.32. The second-order valence-corrected chi connectivity index (χ2v) is 5.38. The van der Waals surface area contributed by atoms with Crippen LogP contribution in [0.3, 0.4) is 0 Å². The SMILES string of the molecule is C[C@@H]1CN(C)C[C@H](c2nc(Cc3cncn3C)no2)O1. The van der Waals surface area contributed by atoms with Gasteiger partial charge in [0.15, 0.2) is 5.82 Å². The minimum absolute atomic E-state index is 0.142. The average molecular weight is 277 g/mol. The Morgan fingerprint density at radius 1 is 1.35 bits per heavy atom. The van der Waals surface area contributed by atoms with Crippen LogP contribution in [0.2, 0.25) is 0 Å². The number of morpholine rings is 1. The van der Waals surface area contributed by atoms with Crippen LogP contribution in [-0.2, 0) is 18.2 Å². The largest absolute Gasteiger partial charge is 0.363 e. The molecule has 7 heteroatoms. The maximum Gasteiger partial charge on any atom is 0.257 e. The van der Waals surface area contributed by atoms with Crippen LogP contribution in [0.25, 0.3) is 0 Å². The molecule has 0 aliphatic carbocycles. The van der Waals surface area contributed by atoms with Crippen LogP contribution in [0.4, 0.5) is 0 Å². The van der Waals surface area contributed by atoms with Gasteiger partial charge in [0.25, 0.3) is 5.89 Å². The topological polar surface area (TPSA) is 69.2 Å². The van der Waals surface area contributed by atoms with E-state index < -0.39 is 0 Å². The van der Waals surface area contributed by atoms with E-state index in [1.165, 1.54) is 0 Å². The molecule has 0 unspecified atom stereocenters. The highest BCUT2D eigenvalue weighted by Crippen LogP contribution is 2.23. The summed E-state index contributed by atoms with van der Waals surface area (Å²) in [6.45, 7) is 3.75. The molecule has 0 radical (unpaired) electrons. The lowest BCUT2D eigenvalue weighted by molar-refractivity contribution is -0.0838. The second kappa shape index (κ2) is 5.34. The molecule has 108 valence electrons. The van der Waals surface area contributed by atoms with Crippen LogP contribution in [0.15, 0.2) is 17.0 Å². The molecule has 2 aromatic rings. The molecule has 1 aliphatic rings. The molecule has 20 heavy (non-hydrogen) atoms. The fraction of sp³-hybridized carbons (Fsp3) is 0.615. The van der Waals surface area contributed by atoms with E-state index in [0.717, 1.165) is 18.8 Å². The van der Waals surface area contributed by atoms with Crippen molar-refractivity contribution in [3.05, 3.63) is 29.9 Å². The lowest BCUT2D eigenvalue weighted by atomic mass is 10.2. The number of aromatic nitrogens is 4. The first-order valence-electron chi connectivity index (χ1n) is 6.73. The van der Waals surface area contributed by atoms with E-state index in [-0.39, 0.29) is 12.2 Å². The van der Waals surface area contributed by atoms with Crippen molar-refractivity contribution in [3.8, 4) is 0 Å². The Morgan fingerprint density at radius 2 is 2.20 bits per heavy atom. The molecule has 0 amide bonds. The average Bonchev–Trinajstić information content (AvgIpc) is 2.99. The van der Waals surface area contributed by atoms with Crippen LogP contribution in [-0.4, -0.2) is 50.8 Å². The van der Waals surface area contributed by atoms with Crippen molar-refractivity contribution < 1.29 is 9.26 Å². The van der Waals surface area contributed by atoms with Gasteiger partial charge in [-0.05, 0) is 14.0 Å². The van der Waals surface area contributed by atoms with Crippen molar-refractivity contribution in [2.24, 2.45) is 7.05 Å². The summed E-state index contributed by atoms with van der Waals surface area (Å²) >= 11 is 0. The Labute approximate surface area is 117 Å². The van der Waals surface area contributed by atoms with Crippen molar-refractivity contribution in [2.45, 2.75) is 25.6 Å². The molecule has 0 aromatic carbocycles. The van der Waals surface area contributed by atoms with E-state index >= 15 is 0 Å². The molecule has 3 rings (SSSR count). The summed E-state index contributed by atoms with van der Waals surface area (Å²) < 4.78 is 13.2. The monoisotopic (exact) mass is 277 g/mol. The smallest absolute Gasteiger partial charge is 0.257 e. The number of rotatable bonds is 3. The van der Waals surface area contributed by atoms with Gasteiger partial charge in [0.05, 0.1) is 18.9 Å². The summed E-state index contributed by atoms with van der Waals surface area (Å²) in [5, 5.41) is 4.03. The minimum atomic E-state index is -0.142. The maximum absolute atomic E-state index is 5.86. The quantitative estimate of drug-likeness (QED) is 0.826. The highest BCUT2D eigenvalue weighted by molar-refractivity contribution is 5.06. The molecule has 0 bridgehead atoms. The molecule has 0 spiro atoms. The van der Waals surface area contributed by atoms with Crippen molar-refractivity contribution in [1.82, 2.24) is 24.6 Å². The molecular formula is C13H19N5O2. The van der Waals surface area contributed by atoms with Crippen LogP contribution in [0.1, 0.15) is 30.4 Å². The van der Waals surface area contributed by atoms with Gasteiger partial charge < -0.3 is 18.7 Å². The van der Waals surface area contributed by atoms with Crippen molar-refractivity contribution in [2.75, 3.05) is 20.1 Å². The molecule has 7 nitrogen and oxygen atoms in total. The Bertz CT molecular complexity index is 569. The Hall–Kier alpha value is -1.73. The zero-order chi connectivity index (χ0) is 14.1. The van der Waals surface area contributed by atoms with Gasteiger partial charge in [-0.15, -0.1) is 0 Å². The minimum Gasteiger partial charge on any atom is -0.363 e. The van der Waals surface area contributed by atoms with Gasteiger partial charge in [0.1, 0.15) is 6.10 Å². The number of nitrogens with zero attached hydrogens (tertiary/aromatic N) is 5. The summed E-state index contributed by atoms with van der Waals surface area (Å²) in [6, 6.07) is 0. The Morgan fingerprint density at radius 3 is 2.90 bits per heavy atom. The van der Waals surface area contributed by atoms with Crippen molar-refractivity contribution >= 4 is 0 Å². The molecule has 0 N–H and O–H groups in total. The molecule has 1 aliphatic heterocycles. The van der Waals surface area contributed by atoms with Crippen molar-refractivity contribution in [1.29, 1.82) is 0 Å². The molecular weight excluding hydrogens is 258 g/mol. The first-order valence-corrected chi connectivity index (χ1v) is 6.73. The number of hydrogen-bond donors (Lipinski definition) is 0. The van der Waals surface area contributed by atoms with E-state index in [0.29, 0.717) is 18.1 Å². The van der Waals surface area contributed by atoms with Crippen LogP contribution in [0, 0.1) is 0 Å². The predicted octanol–water partition coefficient (Wildman–Crippen LogP) is 0.785. The zero-order valence-electron chi connectivity index (χ0n) is 12.0. The standard InChI is InChI=1S/C13H19N5O2/c1-9-6-17(2)7-11(19-9)13-15-12(16-20-13)4-10-5-14-8-18(10)3/h5,8-9,11H,4,6-7H2,1-3H3/t9-,11-/m1/s1. The fourth-order valence-electron chi connectivity index (χ4n) is 2.49. The van der Waals surface area contributed by atoms with E-state index in [4.69, 9.17) is 9.26 Å². The first kappa shape index (κ1) is 13.3. The van der Waals surface area contributed by atoms with E-state index in [9.17, 15) is 0 Å². The van der Waals surface area contributed by atoms with Gasteiger partial charge in [-0.2, -0.15) is 4.98 Å². The Balaban J connectivity index is 1.72. The summed E-state index contributed by atoms with van der Waals surface area (Å²) in [4.78, 5) is 10.7. The number of hydrogen-bond acceptors (Lipinski definition) is 6. The summed E-state index contributed by atoms with van der Waals surface area (Å²) in [6.07, 6.45) is 4.21. The molecule has 0 saturated carbocycles. The van der Waals surface area contributed by atoms with Gasteiger partial charge in [-0.25, -0.2) is 4.98 Å². The highest BCUT2D eigenvalue weighted by Gasteiger charge is 2.28. The van der Waals surface area contributed by atoms with Gasteiger partial charge in [-0.1, -0.05) is 5.16 Å². The molecule has 3 heterocycles.